The summed E-state index contributed by atoms with van der Waals surface area (Å²) in [7, 11) is 0. The van der Waals surface area contributed by atoms with Crippen molar-refractivity contribution in [3.05, 3.63) is 46.1 Å². The summed E-state index contributed by atoms with van der Waals surface area (Å²) in [6.45, 7) is 6.84. The number of hydrogen-bond donors (Lipinski definition) is 0. The maximum atomic E-state index is 8.76. The van der Waals surface area contributed by atoms with E-state index in [4.69, 9.17) is 22.4 Å². The highest BCUT2D eigenvalue weighted by Crippen LogP contribution is 1.91. The van der Waals surface area contributed by atoms with Gasteiger partial charge in [0.2, 0.25) is 0 Å². The first-order chi connectivity index (χ1) is 7.78. The molecule has 1 aromatic rings. The van der Waals surface area contributed by atoms with Crippen LogP contribution in [0.5, 0.6) is 0 Å². The van der Waals surface area contributed by atoms with Crippen molar-refractivity contribution < 1.29 is 0 Å². The molecule has 72 valence electrons. The van der Waals surface area contributed by atoms with Crippen molar-refractivity contribution in [2.75, 3.05) is 0 Å². The highest BCUT2D eigenvalue weighted by atomic mass is 14.7. The minimum atomic E-state index is -0.126. The van der Waals surface area contributed by atoms with E-state index in [0.29, 0.717) is 10.4 Å². The maximum absolute atomic E-state index is 8.76. The molecule has 0 heterocycles. The van der Waals surface area contributed by atoms with Gasteiger partial charge in [0.05, 0.1) is 12.6 Å². The smallest absolute Gasteiger partial charge is 0.226 e. The van der Waals surface area contributed by atoms with Gasteiger partial charge in [-0.1, -0.05) is 24.3 Å². The second kappa shape index (κ2) is 4.97. The van der Waals surface area contributed by atoms with Gasteiger partial charge >= 0.3 is 0 Å². The average molecular weight is 204 g/mol. The Kier molecular flexibility index (Phi) is 3.41. The third kappa shape index (κ3) is 1.88. The second-order valence-corrected chi connectivity index (χ2v) is 2.72. The van der Waals surface area contributed by atoms with Gasteiger partial charge in [0.15, 0.2) is 0 Å². The Balaban J connectivity index is 4.04. The highest BCUT2D eigenvalue weighted by molar-refractivity contribution is 5.75. The lowest BCUT2D eigenvalue weighted by atomic mass is 10.1. The molecule has 0 aliphatic carbocycles. The summed E-state index contributed by atoms with van der Waals surface area (Å²) >= 11 is 0. The van der Waals surface area contributed by atoms with Crippen molar-refractivity contribution in [1.82, 2.24) is 0 Å². The Hall–Kier alpha value is -3.08. The predicted octanol–water partition coefficient (Wildman–Crippen LogP) is 0.436. The van der Waals surface area contributed by atoms with E-state index in [9.17, 15) is 0 Å². The molecule has 0 fully saturated rings. The molecule has 0 radical (unpaired) electrons. The zero-order valence-corrected chi connectivity index (χ0v) is 8.10. The van der Waals surface area contributed by atoms with Gasteiger partial charge in [0.1, 0.15) is 17.7 Å². The van der Waals surface area contributed by atoms with Crippen LogP contribution in [-0.4, -0.2) is 0 Å². The largest absolute Gasteiger partial charge is 0.269 e. The normalized spacial score (nSPS) is 10.0. The molecule has 4 nitrogen and oxygen atoms in total. The van der Waals surface area contributed by atoms with Crippen molar-refractivity contribution in [3.8, 4) is 18.2 Å². The molecular weight excluding hydrogens is 200 g/mol. The Labute approximate surface area is 92.0 Å². The lowest BCUT2D eigenvalue weighted by molar-refractivity contribution is 1.44. The van der Waals surface area contributed by atoms with Crippen LogP contribution in [0.2, 0.25) is 0 Å². The first-order valence-electron chi connectivity index (χ1n) is 4.20. The highest BCUT2D eigenvalue weighted by Gasteiger charge is 2.00. The summed E-state index contributed by atoms with van der Waals surface area (Å²) in [5, 5.41) is 26.9. The number of nitrogens with zero attached hydrogens (tertiary/aromatic N) is 4. The first kappa shape index (κ1) is 11.0. The molecule has 0 spiro atoms. The van der Waals surface area contributed by atoms with Crippen LogP contribution in [0.1, 0.15) is 0 Å². The molecule has 1 aromatic carbocycles. The predicted molar refractivity (Wildman–Crippen MR) is 55.9 cm³/mol. The number of benzene rings is 1. The van der Waals surface area contributed by atoms with Crippen molar-refractivity contribution in [2.45, 2.75) is 0 Å². The molecule has 0 amide bonds. The summed E-state index contributed by atoms with van der Waals surface area (Å²) in [5.74, 6) is 0. The number of nitriles is 3. The third-order valence-electron chi connectivity index (χ3n) is 1.89. The van der Waals surface area contributed by atoms with Crippen LogP contribution in [0.25, 0.3) is 16.1 Å². The lowest BCUT2D eigenvalue weighted by Gasteiger charge is -1.90. The Morgan fingerprint density at radius 3 is 2.00 bits per heavy atom. The standard InChI is InChI=1S/C12H4N4/c1-16-12(8-15)11-5-3-2-4-10(11)9(6-13)7-14/h2-5H/b12-11+. The van der Waals surface area contributed by atoms with Crippen LogP contribution in [-0.2, 0) is 0 Å². The van der Waals surface area contributed by atoms with E-state index >= 15 is 0 Å². The van der Waals surface area contributed by atoms with Crippen LogP contribution in [0.3, 0.4) is 0 Å². The molecule has 0 bridgehead atoms. The summed E-state index contributed by atoms with van der Waals surface area (Å²) in [5.41, 5.74) is -0.231. The summed E-state index contributed by atoms with van der Waals surface area (Å²) < 4.78 is 0. The first-order valence-corrected chi connectivity index (χ1v) is 4.20. The fraction of sp³-hybridized carbons (Fsp3) is 0. The fourth-order valence-electron chi connectivity index (χ4n) is 1.20. The Morgan fingerprint density at radius 1 is 1.00 bits per heavy atom. The topological polar surface area (TPSA) is 75.7 Å². The molecular formula is C12H4N4. The van der Waals surface area contributed by atoms with Gasteiger partial charge in [-0.05, 0) is 0 Å². The van der Waals surface area contributed by atoms with Gasteiger partial charge < -0.3 is 0 Å². The van der Waals surface area contributed by atoms with Crippen LogP contribution in [0, 0.1) is 40.6 Å². The molecule has 16 heavy (non-hydrogen) atoms. The maximum Gasteiger partial charge on any atom is 0.269 e. The molecule has 0 aromatic heterocycles. The van der Waals surface area contributed by atoms with Gasteiger partial charge in [-0.3, -0.25) is 0 Å². The van der Waals surface area contributed by atoms with Crippen LogP contribution in [0.15, 0.2) is 24.3 Å². The van der Waals surface area contributed by atoms with Crippen LogP contribution in [0.4, 0.5) is 0 Å². The van der Waals surface area contributed by atoms with Gasteiger partial charge in [-0.15, -0.1) is 0 Å². The zero-order valence-electron chi connectivity index (χ0n) is 8.10. The van der Waals surface area contributed by atoms with E-state index < -0.39 is 0 Å². The third-order valence-corrected chi connectivity index (χ3v) is 1.89. The van der Waals surface area contributed by atoms with Crippen molar-refractivity contribution in [1.29, 1.82) is 15.8 Å². The van der Waals surface area contributed by atoms with E-state index in [1.807, 2.05) is 0 Å². The number of rotatable bonds is 0. The van der Waals surface area contributed by atoms with E-state index in [-0.39, 0.29) is 11.3 Å². The Morgan fingerprint density at radius 2 is 1.56 bits per heavy atom. The second-order valence-electron chi connectivity index (χ2n) is 2.72. The van der Waals surface area contributed by atoms with E-state index in [1.54, 1.807) is 42.5 Å². The molecule has 0 saturated carbocycles. The number of hydrogen-bond acceptors (Lipinski definition) is 3. The SMILES string of the molecule is [C-]#[N+]/C(C#N)=c1\ccccc1=C(C#N)C#N. The van der Waals surface area contributed by atoms with Crippen molar-refractivity contribution >= 4 is 11.3 Å². The van der Waals surface area contributed by atoms with Gasteiger partial charge in [0.25, 0.3) is 5.70 Å². The fourth-order valence-corrected chi connectivity index (χ4v) is 1.20. The molecule has 0 saturated heterocycles. The van der Waals surface area contributed by atoms with Crippen molar-refractivity contribution in [2.24, 2.45) is 0 Å². The molecule has 0 aliphatic heterocycles. The quantitative estimate of drug-likeness (QED) is 0.575. The molecule has 1 rings (SSSR count). The molecule has 0 N–H and O–H groups in total. The van der Waals surface area contributed by atoms with Gasteiger partial charge in [0, 0.05) is 10.4 Å². The lowest BCUT2D eigenvalue weighted by Crippen LogP contribution is -2.27. The van der Waals surface area contributed by atoms with Crippen molar-refractivity contribution in [3.63, 3.8) is 0 Å². The molecule has 4 heteroatoms. The zero-order chi connectivity index (χ0) is 12.0. The monoisotopic (exact) mass is 204 g/mol. The van der Waals surface area contributed by atoms with E-state index in [2.05, 4.69) is 4.85 Å². The van der Waals surface area contributed by atoms with Crippen LogP contribution < -0.4 is 10.4 Å². The minimum absolute atomic E-state index is 0.105. The Bertz CT molecular complexity index is 605. The summed E-state index contributed by atoms with van der Waals surface area (Å²) in [6.07, 6.45) is 0. The molecule has 0 aliphatic rings. The average Bonchev–Trinajstić information content (AvgIpc) is 2.34. The van der Waals surface area contributed by atoms with Gasteiger partial charge in [-0.2, -0.15) is 10.5 Å². The summed E-state index contributed by atoms with van der Waals surface area (Å²) in [6, 6.07) is 11.6. The van der Waals surface area contributed by atoms with E-state index in [1.165, 1.54) is 0 Å². The van der Waals surface area contributed by atoms with Crippen LogP contribution >= 0.6 is 0 Å². The molecule has 0 unspecified atom stereocenters. The van der Waals surface area contributed by atoms with Gasteiger partial charge in [-0.25, -0.2) is 10.1 Å². The van der Waals surface area contributed by atoms with E-state index in [0.717, 1.165) is 0 Å². The molecule has 0 atom stereocenters. The minimum Gasteiger partial charge on any atom is -0.226 e. The summed E-state index contributed by atoms with van der Waals surface area (Å²) in [4.78, 5) is 3.06.